The first-order valence-corrected chi connectivity index (χ1v) is 13.7. The number of nitrogens with one attached hydrogen (secondary N) is 5. The van der Waals surface area contributed by atoms with Crippen molar-refractivity contribution in [2.45, 2.75) is 61.7 Å². The summed E-state index contributed by atoms with van der Waals surface area (Å²) in [5.74, 6) is -2.67. The Kier molecular flexibility index (Phi) is 6.12. The second-order valence-electron chi connectivity index (χ2n) is 11.9. The highest BCUT2D eigenvalue weighted by Gasteiger charge is 2.76. The molecule has 0 bridgehead atoms. The van der Waals surface area contributed by atoms with Crippen LogP contribution in [0.4, 0.5) is 0 Å². The van der Waals surface area contributed by atoms with Crippen molar-refractivity contribution in [1.29, 1.82) is 0 Å². The van der Waals surface area contributed by atoms with E-state index in [-0.39, 0.29) is 42.2 Å². The summed E-state index contributed by atoms with van der Waals surface area (Å²) in [6.07, 6.45) is 1.56. The van der Waals surface area contributed by atoms with Gasteiger partial charge in [-0.1, -0.05) is 26.0 Å². The number of amides is 2. The molecule has 2 saturated heterocycles. The number of aliphatic imine (C=N–C) groups is 1. The lowest BCUT2D eigenvalue weighted by Crippen LogP contribution is -2.90. The molecule has 5 aliphatic rings. The van der Waals surface area contributed by atoms with Gasteiger partial charge in [0.05, 0.1) is 24.6 Å². The number of carbonyl (C=O) groups excluding carboxylic acids is 2. The SMILES string of the molecule is CC1(C)CCOc2c(C(=O)NC3CN4C(N)=N[C@@H](CNC(=O)C5CCNC5)[C@@H]5[NH+]=C(N)NC54C3(O)O)cccc21. The van der Waals surface area contributed by atoms with Gasteiger partial charge in [0.1, 0.15) is 17.8 Å². The van der Waals surface area contributed by atoms with E-state index in [4.69, 9.17) is 16.2 Å². The lowest BCUT2D eigenvalue weighted by Gasteiger charge is -2.46. The molecular weight excluding hydrogens is 518 g/mol. The van der Waals surface area contributed by atoms with Crippen LogP contribution in [0.15, 0.2) is 23.2 Å². The van der Waals surface area contributed by atoms with Gasteiger partial charge in [0.2, 0.25) is 11.7 Å². The molecule has 40 heavy (non-hydrogen) atoms. The molecule has 0 aliphatic carbocycles. The molecule has 6 rings (SSSR count). The smallest absolute Gasteiger partial charge is 0.343 e. The standard InChI is InChI=1S/C26H37N9O5/c1-24(2)7-9-40-18-14(4-3-5-15(18)24)21(37)32-17-12-35-23(28)31-16(11-30-20(36)13-6-8-29-10-13)19-25(35,26(17,38)39)34-22(27)33-19/h3-5,13,16-17,19,29,38-39H,6-12H2,1-2H3,(H2,28,31)(H,30,36)(H,32,37)(H3,27,33,34)/p+1/t13?,16-,17?,19-,25?/m0/s1. The number of hydrogen-bond donors (Lipinski definition) is 9. The number of guanidine groups is 2. The van der Waals surface area contributed by atoms with Crippen molar-refractivity contribution >= 4 is 23.7 Å². The minimum atomic E-state index is -2.55. The minimum Gasteiger partial charge on any atom is -0.492 e. The monoisotopic (exact) mass is 556 g/mol. The highest BCUT2D eigenvalue weighted by atomic mass is 16.5. The van der Waals surface area contributed by atoms with Gasteiger partial charge in [0, 0.05) is 18.7 Å². The van der Waals surface area contributed by atoms with E-state index in [0.717, 1.165) is 24.9 Å². The summed E-state index contributed by atoms with van der Waals surface area (Å²) in [6.45, 7) is 6.11. The number of ether oxygens (including phenoxy) is 1. The molecule has 1 aromatic carbocycles. The minimum absolute atomic E-state index is 0.0356. The number of nitrogens with zero attached hydrogens (tertiary/aromatic N) is 2. The Morgan fingerprint density at radius 1 is 1.30 bits per heavy atom. The van der Waals surface area contributed by atoms with Gasteiger partial charge in [0.25, 0.3) is 11.6 Å². The Hall–Kier alpha value is -3.62. The van der Waals surface area contributed by atoms with Crippen molar-refractivity contribution in [2.24, 2.45) is 22.4 Å². The molecule has 0 aromatic heterocycles. The summed E-state index contributed by atoms with van der Waals surface area (Å²) in [4.78, 5) is 35.4. The number of rotatable bonds is 5. The van der Waals surface area contributed by atoms with Crippen molar-refractivity contribution < 1.29 is 29.5 Å². The zero-order valence-electron chi connectivity index (χ0n) is 22.7. The van der Waals surface area contributed by atoms with E-state index in [1.165, 1.54) is 4.90 Å². The number of carbonyl (C=O) groups is 2. The summed E-state index contributed by atoms with van der Waals surface area (Å²) in [5, 5.41) is 35.3. The van der Waals surface area contributed by atoms with E-state index in [1.54, 1.807) is 12.1 Å². The molecule has 11 N–H and O–H groups in total. The Morgan fingerprint density at radius 3 is 2.85 bits per heavy atom. The van der Waals surface area contributed by atoms with Crippen molar-refractivity contribution in [3.63, 3.8) is 0 Å². The molecule has 2 amide bonds. The molecule has 1 spiro atoms. The number of benzene rings is 1. The molecule has 1 aromatic rings. The largest absolute Gasteiger partial charge is 0.492 e. The molecule has 5 atom stereocenters. The van der Waals surface area contributed by atoms with E-state index in [2.05, 4.69) is 45.1 Å². The molecule has 5 heterocycles. The van der Waals surface area contributed by atoms with Crippen LogP contribution in [-0.2, 0) is 10.2 Å². The van der Waals surface area contributed by atoms with Crippen LogP contribution in [0, 0.1) is 5.92 Å². The van der Waals surface area contributed by atoms with Crippen molar-refractivity contribution in [3.05, 3.63) is 29.3 Å². The Morgan fingerprint density at radius 2 is 2.10 bits per heavy atom. The summed E-state index contributed by atoms with van der Waals surface area (Å²) in [7, 11) is 0. The van der Waals surface area contributed by atoms with Crippen LogP contribution in [0.2, 0.25) is 0 Å². The fraction of sp³-hybridized carbons (Fsp3) is 0.615. The predicted molar refractivity (Wildman–Crippen MR) is 144 cm³/mol. The lowest BCUT2D eigenvalue weighted by atomic mass is 9.79. The van der Waals surface area contributed by atoms with Crippen LogP contribution >= 0.6 is 0 Å². The van der Waals surface area contributed by atoms with Gasteiger partial charge in [-0.05, 0) is 30.9 Å². The van der Waals surface area contributed by atoms with E-state index in [0.29, 0.717) is 24.5 Å². The molecule has 0 radical (unpaired) electrons. The van der Waals surface area contributed by atoms with Gasteiger partial charge in [-0.15, -0.1) is 0 Å². The van der Waals surface area contributed by atoms with Crippen LogP contribution in [0.3, 0.4) is 0 Å². The van der Waals surface area contributed by atoms with Gasteiger partial charge >= 0.3 is 5.96 Å². The number of para-hydroxylation sites is 1. The highest BCUT2D eigenvalue weighted by molar-refractivity contribution is 5.98. The Bertz CT molecular complexity index is 1290. The average molecular weight is 557 g/mol. The third-order valence-electron chi connectivity index (χ3n) is 9.07. The van der Waals surface area contributed by atoms with Gasteiger partial charge in [-0.2, -0.15) is 0 Å². The van der Waals surface area contributed by atoms with Crippen molar-refractivity contribution in [2.75, 3.05) is 32.8 Å². The van der Waals surface area contributed by atoms with Gasteiger partial charge in [-0.3, -0.25) is 25.2 Å². The molecule has 14 heteroatoms. The topological polar surface area (TPSA) is 214 Å². The maximum Gasteiger partial charge on any atom is 0.343 e. The second kappa shape index (κ2) is 9.21. The molecule has 2 fully saturated rings. The molecule has 14 nitrogen and oxygen atoms in total. The summed E-state index contributed by atoms with van der Waals surface area (Å²) in [6, 6.07) is 2.76. The third-order valence-corrected chi connectivity index (χ3v) is 9.07. The Balaban J connectivity index is 1.26. The average Bonchev–Trinajstić information content (AvgIpc) is 3.61. The van der Waals surface area contributed by atoms with Gasteiger partial charge < -0.3 is 36.6 Å². The number of nitrogens with two attached hydrogens (primary N) is 2. The quantitative estimate of drug-likeness (QED) is 0.158. The normalized spacial score (nSPS) is 33.0. The lowest BCUT2D eigenvalue weighted by molar-refractivity contribution is -0.521. The van der Waals surface area contributed by atoms with Crippen LogP contribution in [-0.4, -0.2) is 101 Å². The van der Waals surface area contributed by atoms with Gasteiger partial charge in [0.15, 0.2) is 12.0 Å². The van der Waals surface area contributed by atoms with E-state index in [9.17, 15) is 19.8 Å². The third kappa shape index (κ3) is 3.88. The van der Waals surface area contributed by atoms with Crippen LogP contribution in [0.25, 0.3) is 0 Å². The first kappa shape index (κ1) is 26.6. The zero-order chi connectivity index (χ0) is 28.4. The van der Waals surface area contributed by atoms with Crippen LogP contribution in [0.1, 0.15) is 42.6 Å². The van der Waals surface area contributed by atoms with Gasteiger partial charge in [-0.25, -0.2) is 10.3 Å². The molecular formula is C26H38N9O5+. The van der Waals surface area contributed by atoms with Crippen molar-refractivity contribution in [1.82, 2.24) is 26.2 Å². The van der Waals surface area contributed by atoms with Crippen molar-refractivity contribution in [3.8, 4) is 5.75 Å². The summed E-state index contributed by atoms with van der Waals surface area (Å²) in [5.41, 5.74) is 11.9. The zero-order valence-corrected chi connectivity index (χ0v) is 22.7. The first-order valence-electron chi connectivity index (χ1n) is 13.7. The summed E-state index contributed by atoms with van der Waals surface area (Å²) >= 11 is 0. The first-order chi connectivity index (χ1) is 19.0. The van der Waals surface area contributed by atoms with E-state index >= 15 is 0 Å². The molecule has 0 saturated carbocycles. The molecule has 216 valence electrons. The molecule has 3 unspecified atom stereocenters. The van der Waals surface area contributed by atoms with Crippen LogP contribution in [0.5, 0.6) is 5.75 Å². The predicted octanol–water partition coefficient (Wildman–Crippen LogP) is -4.67. The highest BCUT2D eigenvalue weighted by Crippen LogP contribution is 2.43. The maximum atomic E-state index is 13.6. The number of fused-ring (bicyclic) bond motifs is 1. The summed E-state index contributed by atoms with van der Waals surface area (Å²) < 4.78 is 5.90. The fourth-order valence-electron chi connectivity index (χ4n) is 6.75. The maximum absolute atomic E-state index is 13.6. The van der Waals surface area contributed by atoms with Crippen LogP contribution < -0.4 is 42.5 Å². The fourth-order valence-corrected chi connectivity index (χ4v) is 6.75. The second-order valence-corrected chi connectivity index (χ2v) is 11.9. The number of aliphatic hydroxyl groups is 2. The van der Waals surface area contributed by atoms with E-state index < -0.39 is 35.5 Å². The van der Waals surface area contributed by atoms with E-state index in [1.807, 2.05) is 6.07 Å². The Labute approximate surface area is 231 Å². The number of hydrogen-bond acceptors (Lipinski definition) is 11. The molecule has 5 aliphatic heterocycles.